The lowest BCUT2D eigenvalue weighted by Gasteiger charge is -2.00. The zero-order valence-corrected chi connectivity index (χ0v) is 9.73. The van der Waals surface area contributed by atoms with Crippen LogP contribution in [0.5, 0.6) is 0 Å². The first-order valence-corrected chi connectivity index (χ1v) is 5.57. The Morgan fingerprint density at radius 2 is 2.20 bits per heavy atom. The normalized spacial score (nSPS) is 16.1. The minimum absolute atomic E-state index is 0.0381. The third-order valence-corrected chi connectivity index (χ3v) is 3.53. The van der Waals surface area contributed by atoms with Crippen molar-refractivity contribution >= 4 is 27.0 Å². The predicted molar refractivity (Wildman–Crippen MR) is 58.7 cm³/mol. The van der Waals surface area contributed by atoms with Gasteiger partial charge in [-0.25, -0.2) is 4.98 Å². The van der Waals surface area contributed by atoms with Gasteiger partial charge in [0.2, 0.25) is 0 Å². The maximum absolute atomic E-state index is 12.0. The second-order valence-corrected chi connectivity index (χ2v) is 4.55. The summed E-state index contributed by atoms with van der Waals surface area (Å²) < 4.78 is 4.05. The molecule has 0 unspecified atom stereocenters. The number of aryl methyl sites for hydroxylation is 1. The summed E-state index contributed by atoms with van der Waals surface area (Å²) in [4.78, 5) is 16.3. The second-order valence-electron chi connectivity index (χ2n) is 3.80. The standard InChI is InChI=1S/C9H9BrN4O/c1-13-8(10)6-7(12-13)9(15)14(4-11-6)5-2-3-5/h4-5H,2-3H2,1H3. The van der Waals surface area contributed by atoms with Crippen LogP contribution < -0.4 is 5.56 Å². The molecule has 0 atom stereocenters. The molecule has 0 bridgehead atoms. The van der Waals surface area contributed by atoms with Gasteiger partial charge in [-0.1, -0.05) is 0 Å². The molecule has 0 amide bonds. The van der Waals surface area contributed by atoms with Crippen molar-refractivity contribution in [1.29, 1.82) is 0 Å². The van der Waals surface area contributed by atoms with Crippen molar-refractivity contribution in [2.75, 3.05) is 0 Å². The summed E-state index contributed by atoms with van der Waals surface area (Å²) in [5.41, 5.74) is 1.04. The average Bonchev–Trinajstić information content (AvgIpc) is 2.99. The van der Waals surface area contributed by atoms with E-state index in [1.807, 2.05) is 0 Å². The number of hydrogen-bond acceptors (Lipinski definition) is 3. The molecule has 1 aliphatic rings. The molecule has 3 rings (SSSR count). The Bertz CT molecular complexity index is 596. The molecule has 6 heteroatoms. The Morgan fingerprint density at radius 1 is 1.47 bits per heavy atom. The Labute approximate surface area is 93.9 Å². The van der Waals surface area contributed by atoms with Crippen LogP contribution in [-0.4, -0.2) is 19.3 Å². The first kappa shape index (κ1) is 9.08. The highest BCUT2D eigenvalue weighted by molar-refractivity contribution is 9.10. The summed E-state index contributed by atoms with van der Waals surface area (Å²) in [6.45, 7) is 0. The fourth-order valence-corrected chi connectivity index (χ4v) is 2.03. The minimum atomic E-state index is -0.0381. The average molecular weight is 269 g/mol. The summed E-state index contributed by atoms with van der Waals surface area (Å²) in [6.07, 6.45) is 3.76. The smallest absolute Gasteiger partial charge is 0.282 e. The molecule has 0 aliphatic heterocycles. The molecular weight excluding hydrogens is 260 g/mol. The summed E-state index contributed by atoms with van der Waals surface area (Å²) in [7, 11) is 1.78. The molecule has 2 aromatic rings. The van der Waals surface area contributed by atoms with Crippen LogP contribution in [-0.2, 0) is 7.05 Å². The summed E-state index contributed by atoms with van der Waals surface area (Å²) in [5, 5.41) is 4.16. The van der Waals surface area contributed by atoms with E-state index in [4.69, 9.17) is 0 Å². The van der Waals surface area contributed by atoms with E-state index in [2.05, 4.69) is 26.0 Å². The molecule has 78 valence electrons. The Hall–Kier alpha value is -1.17. The molecule has 2 heterocycles. The van der Waals surface area contributed by atoms with Gasteiger partial charge in [-0.15, -0.1) is 0 Å². The minimum Gasteiger partial charge on any atom is -0.294 e. The van der Waals surface area contributed by atoms with Gasteiger partial charge in [0.1, 0.15) is 10.1 Å². The van der Waals surface area contributed by atoms with E-state index in [0.29, 0.717) is 17.1 Å². The van der Waals surface area contributed by atoms with E-state index in [-0.39, 0.29) is 5.56 Å². The van der Waals surface area contributed by atoms with E-state index in [1.54, 1.807) is 22.6 Å². The monoisotopic (exact) mass is 268 g/mol. The van der Waals surface area contributed by atoms with Crippen molar-refractivity contribution in [1.82, 2.24) is 19.3 Å². The molecule has 2 aromatic heterocycles. The molecule has 1 aliphatic carbocycles. The highest BCUT2D eigenvalue weighted by Gasteiger charge is 2.26. The molecule has 0 radical (unpaired) electrons. The number of nitrogens with zero attached hydrogens (tertiary/aromatic N) is 4. The topological polar surface area (TPSA) is 52.7 Å². The summed E-state index contributed by atoms with van der Waals surface area (Å²) in [5.74, 6) is 0. The van der Waals surface area contributed by atoms with E-state index in [1.165, 1.54) is 0 Å². The first-order valence-electron chi connectivity index (χ1n) is 4.78. The number of rotatable bonds is 1. The van der Waals surface area contributed by atoms with Gasteiger partial charge in [0.25, 0.3) is 5.56 Å². The van der Waals surface area contributed by atoms with Crippen molar-refractivity contribution in [2.45, 2.75) is 18.9 Å². The quantitative estimate of drug-likeness (QED) is 0.782. The molecule has 0 aromatic carbocycles. The first-order chi connectivity index (χ1) is 7.18. The fraction of sp³-hybridized carbons (Fsp3) is 0.444. The zero-order valence-electron chi connectivity index (χ0n) is 8.14. The van der Waals surface area contributed by atoms with Crippen LogP contribution >= 0.6 is 15.9 Å². The van der Waals surface area contributed by atoms with E-state index in [0.717, 1.165) is 17.4 Å². The van der Waals surface area contributed by atoms with Gasteiger partial charge in [0, 0.05) is 13.1 Å². The third-order valence-electron chi connectivity index (χ3n) is 2.64. The van der Waals surface area contributed by atoms with Gasteiger partial charge in [0.05, 0.1) is 6.33 Å². The van der Waals surface area contributed by atoms with Crippen molar-refractivity contribution in [3.05, 3.63) is 21.3 Å². The largest absolute Gasteiger partial charge is 0.294 e. The SMILES string of the molecule is Cn1nc2c(=O)n(C3CC3)cnc2c1Br. The third kappa shape index (κ3) is 1.24. The van der Waals surface area contributed by atoms with Gasteiger partial charge in [-0.3, -0.25) is 14.0 Å². The molecule has 1 saturated carbocycles. The number of hydrogen-bond donors (Lipinski definition) is 0. The summed E-state index contributed by atoms with van der Waals surface area (Å²) >= 11 is 3.35. The van der Waals surface area contributed by atoms with E-state index >= 15 is 0 Å². The Balaban J connectivity index is 2.37. The Kier molecular flexibility index (Phi) is 1.76. The van der Waals surface area contributed by atoms with Gasteiger partial charge in [0.15, 0.2) is 5.52 Å². The van der Waals surface area contributed by atoms with Crippen LogP contribution in [0.15, 0.2) is 15.7 Å². The molecule has 0 N–H and O–H groups in total. The zero-order chi connectivity index (χ0) is 10.6. The second kappa shape index (κ2) is 2.91. The lowest BCUT2D eigenvalue weighted by Crippen LogP contribution is -2.19. The highest BCUT2D eigenvalue weighted by atomic mass is 79.9. The molecule has 0 spiro atoms. The van der Waals surface area contributed by atoms with Crippen LogP contribution in [0.25, 0.3) is 11.0 Å². The van der Waals surface area contributed by atoms with Gasteiger partial charge in [-0.05, 0) is 28.8 Å². The molecule has 15 heavy (non-hydrogen) atoms. The maximum atomic E-state index is 12.0. The van der Waals surface area contributed by atoms with Crippen molar-refractivity contribution < 1.29 is 0 Å². The molecular formula is C9H9BrN4O. The number of fused-ring (bicyclic) bond motifs is 1. The number of halogens is 1. The van der Waals surface area contributed by atoms with Crippen molar-refractivity contribution in [2.24, 2.45) is 7.05 Å². The summed E-state index contributed by atoms with van der Waals surface area (Å²) in [6, 6.07) is 0.343. The van der Waals surface area contributed by atoms with Crippen molar-refractivity contribution in [3.63, 3.8) is 0 Å². The van der Waals surface area contributed by atoms with Gasteiger partial charge >= 0.3 is 0 Å². The van der Waals surface area contributed by atoms with Crippen LogP contribution in [0.1, 0.15) is 18.9 Å². The lowest BCUT2D eigenvalue weighted by molar-refractivity contribution is 0.694. The van der Waals surface area contributed by atoms with Crippen molar-refractivity contribution in [3.8, 4) is 0 Å². The fourth-order valence-electron chi connectivity index (χ4n) is 1.66. The van der Waals surface area contributed by atoms with Crippen LogP contribution in [0, 0.1) is 0 Å². The van der Waals surface area contributed by atoms with Crippen LogP contribution in [0.3, 0.4) is 0 Å². The molecule has 1 fully saturated rings. The highest BCUT2D eigenvalue weighted by Crippen LogP contribution is 2.33. The lowest BCUT2D eigenvalue weighted by atomic mass is 10.4. The van der Waals surface area contributed by atoms with E-state index < -0.39 is 0 Å². The molecule has 0 saturated heterocycles. The van der Waals surface area contributed by atoms with Gasteiger partial charge < -0.3 is 0 Å². The van der Waals surface area contributed by atoms with E-state index in [9.17, 15) is 4.79 Å². The predicted octanol–water partition coefficient (Wildman–Crippen LogP) is 1.23. The maximum Gasteiger partial charge on any atom is 0.282 e. The molecule has 5 nitrogen and oxygen atoms in total. The van der Waals surface area contributed by atoms with Crippen LogP contribution in [0.4, 0.5) is 0 Å². The van der Waals surface area contributed by atoms with Crippen LogP contribution in [0.2, 0.25) is 0 Å². The Morgan fingerprint density at radius 3 is 2.87 bits per heavy atom. The number of aromatic nitrogens is 4. The van der Waals surface area contributed by atoms with Gasteiger partial charge in [-0.2, -0.15) is 5.10 Å².